The first kappa shape index (κ1) is 8.75. The SMILES string of the molecule is C=C(C)C(O)C1CCOC1C. The largest absolute Gasteiger partial charge is 0.388 e. The average Bonchev–Trinajstić information content (AvgIpc) is 2.33. The minimum atomic E-state index is -0.382. The van der Waals surface area contributed by atoms with E-state index in [1.54, 1.807) is 0 Å². The summed E-state index contributed by atoms with van der Waals surface area (Å²) >= 11 is 0. The first-order chi connectivity index (χ1) is 5.13. The quantitative estimate of drug-likeness (QED) is 0.611. The van der Waals surface area contributed by atoms with Gasteiger partial charge in [0.05, 0.1) is 12.2 Å². The summed E-state index contributed by atoms with van der Waals surface area (Å²) in [5.41, 5.74) is 0.840. The molecule has 1 saturated heterocycles. The van der Waals surface area contributed by atoms with Gasteiger partial charge >= 0.3 is 0 Å². The van der Waals surface area contributed by atoms with Crippen LogP contribution in [0.15, 0.2) is 12.2 Å². The van der Waals surface area contributed by atoms with E-state index in [9.17, 15) is 5.11 Å². The molecule has 3 unspecified atom stereocenters. The normalized spacial score (nSPS) is 33.7. The van der Waals surface area contributed by atoms with Crippen LogP contribution in [0, 0.1) is 5.92 Å². The zero-order valence-electron chi connectivity index (χ0n) is 7.21. The van der Waals surface area contributed by atoms with Crippen LogP contribution in [0.5, 0.6) is 0 Å². The Morgan fingerprint density at radius 2 is 2.36 bits per heavy atom. The van der Waals surface area contributed by atoms with E-state index in [4.69, 9.17) is 4.74 Å². The molecule has 2 nitrogen and oxygen atoms in total. The zero-order valence-corrected chi connectivity index (χ0v) is 7.21. The first-order valence-corrected chi connectivity index (χ1v) is 4.08. The maximum atomic E-state index is 9.62. The molecule has 0 bridgehead atoms. The molecule has 1 N–H and O–H groups in total. The summed E-state index contributed by atoms with van der Waals surface area (Å²) in [6.07, 6.45) is 0.754. The minimum Gasteiger partial charge on any atom is -0.388 e. The summed E-state index contributed by atoms with van der Waals surface area (Å²) in [6.45, 7) is 8.36. The molecule has 1 aliphatic heterocycles. The van der Waals surface area contributed by atoms with E-state index in [1.807, 2.05) is 13.8 Å². The fourth-order valence-corrected chi connectivity index (χ4v) is 1.53. The van der Waals surface area contributed by atoms with E-state index >= 15 is 0 Å². The highest BCUT2D eigenvalue weighted by molar-refractivity contribution is 5.01. The highest BCUT2D eigenvalue weighted by Gasteiger charge is 2.30. The van der Waals surface area contributed by atoms with Gasteiger partial charge < -0.3 is 9.84 Å². The summed E-state index contributed by atoms with van der Waals surface area (Å²) in [7, 11) is 0. The van der Waals surface area contributed by atoms with Crippen LogP contribution in [-0.2, 0) is 4.74 Å². The molecule has 0 amide bonds. The summed E-state index contributed by atoms with van der Waals surface area (Å²) in [4.78, 5) is 0. The van der Waals surface area contributed by atoms with Crippen LogP contribution in [0.25, 0.3) is 0 Å². The van der Waals surface area contributed by atoms with Crippen molar-refractivity contribution in [3.63, 3.8) is 0 Å². The standard InChI is InChI=1S/C9H16O2/c1-6(2)9(10)8-4-5-11-7(8)3/h7-10H,1,4-5H2,2-3H3. The maximum Gasteiger partial charge on any atom is 0.0798 e. The number of hydrogen-bond donors (Lipinski definition) is 1. The highest BCUT2D eigenvalue weighted by Crippen LogP contribution is 2.26. The molecule has 11 heavy (non-hydrogen) atoms. The van der Waals surface area contributed by atoms with Crippen LogP contribution in [0.2, 0.25) is 0 Å². The van der Waals surface area contributed by atoms with Crippen molar-refractivity contribution in [1.29, 1.82) is 0 Å². The van der Waals surface area contributed by atoms with Crippen molar-refractivity contribution in [2.75, 3.05) is 6.61 Å². The van der Waals surface area contributed by atoms with Gasteiger partial charge in [-0.3, -0.25) is 0 Å². The Bertz CT molecular complexity index is 154. The monoisotopic (exact) mass is 156 g/mol. The number of ether oxygens (including phenoxy) is 1. The van der Waals surface area contributed by atoms with Gasteiger partial charge in [-0.25, -0.2) is 0 Å². The molecule has 64 valence electrons. The molecule has 1 aliphatic rings. The predicted molar refractivity (Wildman–Crippen MR) is 44.3 cm³/mol. The Hall–Kier alpha value is -0.340. The molecule has 2 heteroatoms. The minimum absolute atomic E-state index is 0.182. The van der Waals surface area contributed by atoms with Crippen LogP contribution in [0.4, 0.5) is 0 Å². The molecule has 0 aromatic heterocycles. The predicted octanol–water partition coefficient (Wildman–Crippen LogP) is 1.35. The smallest absolute Gasteiger partial charge is 0.0798 e. The molecule has 1 fully saturated rings. The molecule has 0 saturated carbocycles. The van der Waals surface area contributed by atoms with Crippen LogP contribution >= 0.6 is 0 Å². The average molecular weight is 156 g/mol. The van der Waals surface area contributed by atoms with Crippen LogP contribution in [0.1, 0.15) is 20.3 Å². The zero-order chi connectivity index (χ0) is 8.43. The molecule has 0 spiro atoms. The van der Waals surface area contributed by atoms with Crippen molar-refractivity contribution < 1.29 is 9.84 Å². The maximum absolute atomic E-state index is 9.62. The molecule has 0 radical (unpaired) electrons. The van der Waals surface area contributed by atoms with Crippen LogP contribution < -0.4 is 0 Å². The second kappa shape index (κ2) is 3.37. The van der Waals surface area contributed by atoms with Gasteiger partial charge in [-0.05, 0) is 20.3 Å². The Morgan fingerprint density at radius 1 is 1.73 bits per heavy atom. The van der Waals surface area contributed by atoms with Gasteiger partial charge in [0.15, 0.2) is 0 Å². The molecule has 0 aromatic carbocycles. The third-order valence-corrected chi connectivity index (χ3v) is 2.35. The van der Waals surface area contributed by atoms with E-state index in [-0.39, 0.29) is 18.1 Å². The molecule has 0 aromatic rings. The lowest BCUT2D eigenvalue weighted by atomic mass is 9.92. The number of rotatable bonds is 2. The molecule has 1 heterocycles. The second-order valence-electron chi connectivity index (χ2n) is 3.32. The number of hydrogen-bond acceptors (Lipinski definition) is 2. The van der Waals surface area contributed by atoms with Crippen molar-refractivity contribution in [3.8, 4) is 0 Å². The second-order valence-corrected chi connectivity index (χ2v) is 3.32. The first-order valence-electron chi connectivity index (χ1n) is 4.08. The van der Waals surface area contributed by atoms with Crippen molar-refractivity contribution in [1.82, 2.24) is 0 Å². The van der Waals surface area contributed by atoms with E-state index in [2.05, 4.69) is 6.58 Å². The van der Waals surface area contributed by atoms with E-state index in [1.165, 1.54) is 0 Å². The van der Waals surface area contributed by atoms with E-state index < -0.39 is 0 Å². The fraction of sp³-hybridized carbons (Fsp3) is 0.778. The third kappa shape index (κ3) is 1.82. The third-order valence-electron chi connectivity index (χ3n) is 2.35. The van der Waals surface area contributed by atoms with Crippen molar-refractivity contribution >= 4 is 0 Å². The highest BCUT2D eigenvalue weighted by atomic mass is 16.5. The Morgan fingerprint density at radius 3 is 2.73 bits per heavy atom. The van der Waals surface area contributed by atoms with Gasteiger partial charge in [-0.15, -0.1) is 0 Å². The lowest BCUT2D eigenvalue weighted by molar-refractivity contribution is 0.0597. The van der Waals surface area contributed by atoms with E-state index in [0.29, 0.717) is 0 Å². The summed E-state index contributed by atoms with van der Waals surface area (Å²) < 4.78 is 5.34. The van der Waals surface area contributed by atoms with Gasteiger partial charge in [0, 0.05) is 12.5 Å². The molecular weight excluding hydrogens is 140 g/mol. The summed E-state index contributed by atoms with van der Waals surface area (Å²) in [5, 5.41) is 9.62. The lowest BCUT2D eigenvalue weighted by Gasteiger charge is -2.20. The van der Waals surface area contributed by atoms with Gasteiger partial charge in [0.25, 0.3) is 0 Å². The molecular formula is C9H16O2. The van der Waals surface area contributed by atoms with E-state index in [0.717, 1.165) is 18.6 Å². The summed E-state index contributed by atoms with van der Waals surface area (Å²) in [6, 6.07) is 0. The van der Waals surface area contributed by atoms with Crippen LogP contribution in [0.3, 0.4) is 0 Å². The van der Waals surface area contributed by atoms with Crippen molar-refractivity contribution in [2.45, 2.75) is 32.5 Å². The molecule has 1 rings (SSSR count). The lowest BCUT2D eigenvalue weighted by Crippen LogP contribution is -2.26. The van der Waals surface area contributed by atoms with Gasteiger partial charge in [0.2, 0.25) is 0 Å². The van der Waals surface area contributed by atoms with Crippen molar-refractivity contribution in [3.05, 3.63) is 12.2 Å². The van der Waals surface area contributed by atoms with Gasteiger partial charge in [-0.2, -0.15) is 0 Å². The molecule has 3 atom stereocenters. The number of aliphatic hydroxyl groups is 1. The van der Waals surface area contributed by atoms with Crippen molar-refractivity contribution in [2.24, 2.45) is 5.92 Å². The van der Waals surface area contributed by atoms with Crippen LogP contribution in [-0.4, -0.2) is 23.9 Å². The molecule has 0 aliphatic carbocycles. The Labute approximate surface area is 67.9 Å². The Balaban J connectivity index is 2.52. The fourth-order valence-electron chi connectivity index (χ4n) is 1.53. The van der Waals surface area contributed by atoms with Gasteiger partial charge in [-0.1, -0.05) is 12.2 Å². The summed E-state index contributed by atoms with van der Waals surface area (Å²) in [5.74, 6) is 0.257. The topological polar surface area (TPSA) is 29.5 Å². The van der Waals surface area contributed by atoms with Gasteiger partial charge in [0.1, 0.15) is 0 Å². The Kier molecular flexibility index (Phi) is 2.68. The number of aliphatic hydroxyl groups excluding tert-OH is 1.